The highest BCUT2D eigenvalue weighted by molar-refractivity contribution is 5.75. The zero-order chi connectivity index (χ0) is 21.0. The molecule has 0 aliphatic heterocycles. The molecular formula is C22H27N3O3. The average Bonchev–Trinajstić information content (AvgIpc) is 2.92. The van der Waals surface area contributed by atoms with Crippen molar-refractivity contribution >= 4 is 5.97 Å². The fourth-order valence-corrected chi connectivity index (χ4v) is 1.80. The molecule has 0 fully saturated rings. The molecule has 0 aromatic carbocycles. The Hall–Kier alpha value is -3.20. The summed E-state index contributed by atoms with van der Waals surface area (Å²) < 4.78 is 10.9. The van der Waals surface area contributed by atoms with Gasteiger partial charge in [-0.1, -0.05) is 26.2 Å². The van der Waals surface area contributed by atoms with E-state index in [1.54, 1.807) is 18.2 Å². The summed E-state index contributed by atoms with van der Waals surface area (Å²) >= 11 is 0. The first kappa shape index (κ1) is 22.8. The summed E-state index contributed by atoms with van der Waals surface area (Å²) in [5, 5.41) is 16.8. The zero-order valence-corrected chi connectivity index (χ0v) is 16.8. The molecule has 28 heavy (non-hydrogen) atoms. The fourth-order valence-electron chi connectivity index (χ4n) is 1.80. The minimum absolute atomic E-state index is 0.198. The average molecular weight is 381 g/mol. The van der Waals surface area contributed by atoms with Gasteiger partial charge in [-0.3, -0.25) is 4.79 Å². The van der Waals surface area contributed by atoms with E-state index in [9.17, 15) is 4.79 Å². The summed E-state index contributed by atoms with van der Waals surface area (Å²) in [4.78, 5) is 11.9. The molecule has 1 aliphatic carbocycles. The van der Waals surface area contributed by atoms with Gasteiger partial charge in [-0.05, 0) is 50.6 Å². The summed E-state index contributed by atoms with van der Waals surface area (Å²) in [6.07, 6.45) is 11.7. The molecule has 0 unspecified atom stereocenters. The predicted molar refractivity (Wildman–Crippen MR) is 109 cm³/mol. The Labute approximate surface area is 166 Å². The van der Waals surface area contributed by atoms with E-state index in [0.717, 1.165) is 12.1 Å². The Bertz CT molecular complexity index is 790. The monoisotopic (exact) mass is 381 g/mol. The predicted octanol–water partition coefficient (Wildman–Crippen LogP) is 5.31. The SMILES string of the molecule is C=C(C#N)/C=C\C(=C)N=NC1=CC=C(OCCOC(=O)C(C)(C)CC)C=CC1. The minimum atomic E-state index is -0.481. The summed E-state index contributed by atoms with van der Waals surface area (Å²) in [5.74, 6) is 0.430. The molecule has 0 N–H and O–H groups in total. The highest BCUT2D eigenvalue weighted by Gasteiger charge is 2.26. The van der Waals surface area contributed by atoms with Crippen LogP contribution in [-0.4, -0.2) is 19.2 Å². The third-order valence-electron chi connectivity index (χ3n) is 4.00. The van der Waals surface area contributed by atoms with Crippen LogP contribution in [0.4, 0.5) is 0 Å². The molecule has 1 aliphatic rings. The maximum atomic E-state index is 11.9. The zero-order valence-electron chi connectivity index (χ0n) is 16.8. The van der Waals surface area contributed by atoms with Crippen LogP contribution in [-0.2, 0) is 14.3 Å². The normalized spacial score (nSPS) is 14.2. The molecule has 0 radical (unpaired) electrons. The number of azo groups is 1. The minimum Gasteiger partial charge on any atom is -0.490 e. The second-order valence-corrected chi connectivity index (χ2v) is 6.72. The van der Waals surface area contributed by atoms with E-state index in [0.29, 0.717) is 23.5 Å². The third-order valence-corrected chi connectivity index (χ3v) is 4.00. The Morgan fingerprint density at radius 1 is 1.32 bits per heavy atom. The molecule has 148 valence electrons. The lowest BCUT2D eigenvalue weighted by Gasteiger charge is -2.20. The summed E-state index contributed by atoms with van der Waals surface area (Å²) in [6.45, 7) is 13.4. The van der Waals surface area contributed by atoms with Crippen LogP contribution in [0.15, 0.2) is 82.6 Å². The first-order valence-corrected chi connectivity index (χ1v) is 9.03. The van der Waals surface area contributed by atoms with Crippen LogP contribution in [0.2, 0.25) is 0 Å². The number of carbonyl (C=O) groups is 1. The van der Waals surface area contributed by atoms with E-state index in [-0.39, 0.29) is 19.2 Å². The maximum absolute atomic E-state index is 11.9. The molecule has 0 spiro atoms. The van der Waals surface area contributed by atoms with Gasteiger partial charge in [0.15, 0.2) is 0 Å². The third kappa shape index (κ3) is 8.45. The number of hydrogen-bond donors (Lipinski definition) is 0. The lowest BCUT2D eigenvalue weighted by Crippen LogP contribution is -2.26. The molecule has 0 amide bonds. The summed E-state index contributed by atoms with van der Waals surface area (Å²) in [6, 6.07) is 1.91. The van der Waals surface area contributed by atoms with Crippen molar-refractivity contribution in [3.63, 3.8) is 0 Å². The van der Waals surface area contributed by atoms with Crippen molar-refractivity contribution in [2.75, 3.05) is 13.2 Å². The van der Waals surface area contributed by atoms with Crippen LogP contribution in [0.25, 0.3) is 0 Å². The smallest absolute Gasteiger partial charge is 0.311 e. The van der Waals surface area contributed by atoms with Crippen LogP contribution >= 0.6 is 0 Å². The number of rotatable bonds is 10. The molecule has 0 bridgehead atoms. The van der Waals surface area contributed by atoms with Crippen LogP contribution in [0.3, 0.4) is 0 Å². The highest BCUT2D eigenvalue weighted by atomic mass is 16.6. The molecule has 0 aromatic heterocycles. The molecule has 1 rings (SSSR count). The van der Waals surface area contributed by atoms with E-state index < -0.39 is 5.41 Å². The van der Waals surface area contributed by atoms with Gasteiger partial charge in [-0.25, -0.2) is 0 Å². The molecule has 0 saturated heterocycles. The lowest BCUT2D eigenvalue weighted by atomic mass is 9.91. The number of nitriles is 1. The number of ether oxygens (including phenoxy) is 2. The van der Waals surface area contributed by atoms with Crippen LogP contribution in [0.1, 0.15) is 33.6 Å². The van der Waals surface area contributed by atoms with Crippen molar-refractivity contribution in [1.29, 1.82) is 5.26 Å². The highest BCUT2D eigenvalue weighted by Crippen LogP contribution is 2.21. The second-order valence-electron chi connectivity index (χ2n) is 6.72. The largest absolute Gasteiger partial charge is 0.490 e. The van der Waals surface area contributed by atoms with Crippen molar-refractivity contribution in [1.82, 2.24) is 0 Å². The number of nitrogens with zero attached hydrogens (tertiary/aromatic N) is 3. The maximum Gasteiger partial charge on any atom is 0.311 e. The Balaban J connectivity index is 2.51. The lowest BCUT2D eigenvalue weighted by molar-refractivity contribution is -0.155. The first-order chi connectivity index (χ1) is 13.3. The molecule has 6 nitrogen and oxygen atoms in total. The van der Waals surface area contributed by atoms with Gasteiger partial charge in [0.1, 0.15) is 19.0 Å². The van der Waals surface area contributed by atoms with Crippen molar-refractivity contribution in [2.24, 2.45) is 15.6 Å². The van der Waals surface area contributed by atoms with Crippen molar-refractivity contribution in [3.8, 4) is 6.07 Å². The number of hydrogen-bond acceptors (Lipinski definition) is 6. The Morgan fingerprint density at radius 3 is 2.75 bits per heavy atom. The Morgan fingerprint density at radius 2 is 2.07 bits per heavy atom. The molecular weight excluding hydrogens is 354 g/mol. The fraction of sp³-hybridized carbons (Fsp3) is 0.364. The van der Waals surface area contributed by atoms with Crippen molar-refractivity contribution in [2.45, 2.75) is 33.6 Å². The summed E-state index contributed by atoms with van der Waals surface area (Å²) in [5.41, 5.74) is 0.995. The molecule has 0 saturated carbocycles. The topological polar surface area (TPSA) is 84.0 Å². The quantitative estimate of drug-likeness (QED) is 0.169. The number of carbonyl (C=O) groups excluding carboxylic acids is 1. The van der Waals surface area contributed by atoms with Gasteiger partial charge >= 0.3 is 5.97 Å². The van der Waals surface area contributed by atoms with Gasteiger partial charge < -0.3 is 9.47 Å². The van der Waals surface area contributed by atoms with Crippen molar-refractivity contribution in [3.05, 3.63) is 72.3 Å². The van der Waals surface area contributed by atoms with Gasteiger partial charge in [0.25, 0.3) is 0 Å². The second kappa shape index (κ2) is 11.5. The molecule has 0 aromatic rings. The van der Waals surface area contributed by atoms with E-state index in [4.69, 9.17) is 14.7 Å². The standard InChI is InChI=1S/C22H27N3O3/c1-6-22(4,5)21(26)28-15-14-27-20-9-7-8-19(12-13-20)25-24-18(3)11-10-17(2)16-23/h7,9-13H,2-3,6,8,14-15H2,1,4-5H3/b11-10-,25-24?. The number of allylic oxidation sites excluding steroid dienone is 7. The van der Waals surface area contributed by atoms with Gasteiger partial charge in [-0.2, -0.15) is 15.5 Å². The van der Waals surface area contributed by atoms with Crippen molar-refractivity contribution < 1.29 is 14.3 Å². The van der Waals surface area contributed by atoms with Gasteiger partial charge in [-0.15, -0.1) is 0 Å². The van der Waals surface area contributed by atoms with Crippen LogP contribution < -0.4 is 0 Å². The first-order valence-electron chi connectivity index (χ1n) is 9.03. The van der Waals surface area contributed by atoms with E-state index in [2.05, 4.69) is 23.4 Å². The van der Waals surface area contributed by atoms with E-state index in [1.165, 1.54) is 6.08 Å². The number of esters is 1. The molecule has 0 heterocycles. The van der Waals surface area contributed by atoms with Gasteiger partial charge in [0.2, 0.25) is 0 Å². The Kier molecular flexibility index (Phi) is 9.38. The van der Waals surface area contributed by atoms with E-state index >= 15 is 0 Å². The van der Waals surface area contributed by atoms with Crippen LogP contribution in [0, 0.1) is 16.7 Å². The molecule has 6 heteroatoms. The van der Waals surface area contributed by atoms with Gasteiger partial charge in [0, 0.05) is 12.0 Å². The van der Waals surface area contributed by atoms with E-state index in [1.807, 2.05) is 39.0 Å². The van der Waals surface area contributed by atoms with Crippen LogP contribution in [0.5, 0.6) is 0 Å². The van der Waals surface area contributed by atoms with Gasteiger partial charge in [0.05, 0.1) is 22.9 Å². The molecule has 0 atom stereocenters. The summed E-state index contributed by atoms with van der Waals surface area (Å²) in [7, 11) is 0.